The molecule has 1 amide bonds. The SMILES string of the molecule is CC(C)N(C(=O)CSc1nc2ccc(Cl)cc2c(=O)n1-c1ccc(F)cc1F)C(C)C. The van der Waals surface area contributed by atoms with Gasteiger partial charge in [-0.1, -0.05) is 23.4 Å². The Labute approximate surface area is 188 Å². The van der Waals surface area contributed by atoms with Crippen LogP contribution in [-0.4, -0.2) is 38.2 Å². The highest BCUT2D eigenvalue weighted by Gasteiger charge is 2.22. The van der Waals surface area contributed by atoms with Crippen LogP contribution in [0.15, 0.2) is 46.3 Å². The van der Waals surface area contributed by atoms with Crippen LogP contribution in [0, 0.1) is 11.6 Å². The molecular formula is C22H22ClF2N3O2S. The van der Waals surface area contributed by atoms with Gasteiger partial charge in [0.25, 0.3) is 5.56 Å². The number of thioether (sulfide) groups is 1. The Balaban J connectivity index is 2.12. The van der Waals surface area contributed by atoms with Gasteiger partial charge in [0.1, 0.15) is 11.6 Å². The fraction of sp³-hybridized carbons (Fsp3) is 0.318. The lowest BCUT2D eigenvalue weighted by molar-refractivity contribution is -0.131. The van der Waals surface area contributed by atoms with Crippen LogP contribution in [0.1, 0.15) is 27.7 Å². The van der Waals surface area contributed by atoms with Crippen LogP contribution in [0.25, 0.3) is 16.6 Å². The lowest BCUT2D eigenvalue weighted by atomic mass is 10.2. The van der Waals surface area contributed by atoms with Gasteiger partial charge in [-0.05, 0) is 58.0 Å². The van der Waals surface area contributed by atoms with Gasteiger partial charge in [-0.2, -0.15) is 0 Å². The minimum Gasteiger partial charge on any atom is -0.337 e. The first-order valence-corrected chi connectivity index (χ1v) is 11.1. The Hall–Kier alpha value is -2.45. The number of hydrogen-bond donors (Lipinski definition) is 0. The van der Waals surface area contributed by atoms with Gasteiger partial charge in [0, 0.05) is 23.2 Å². The van der Waals surface area contributed by atoms with E-state index < -0.39 is 17.2 Å². The van der Waals surface area contributed by atoms with Crippen molar-refractivity contribution in [2.24, 2.45) is 0 Å². The zero-order valence-electron chi connectivity index (χ0n) is 17.5. The predicted molar refractivity (Wildman–Crippen MR) is 120 cm³/mol. The van der Waals surface area contributed by atoms with Crippen LogP contribution in [0.3, 0.4) is 0 Å². The van der Waals surface area contributed by atoms with Crippen LogP contribution in [-0.2, 0) is 4.79 Å². The Morgan fingerprint density at radius 3 is 2.42 bits per heavy atom. The first kappa shape index (κ1) is 23.2. The molecule has 0 aliphatic carbocycles. The third-order valence-corrected chi connectivity index (χ3v) is 5.83. The molecule has 31 heavy (non-hydrogen) atoms. The molecule has 0 radical (unpaired) electrons. The Morgan fingerprint density at radius 1 is 1.13 bits per heavy atom. The summed E-state index contributed by atoms with van der Waals surface area (Å²) >= 11 is 7.05. The number of carbonyl (C=O) groups is 1. The first-order valence-electron chi connectivity index (χ1n) is 9.72. The third kappa shape index (κ3) is 4.91. The number of benzene rings is 2. The van der Waals surface area contributed by atoms with Crippen molar-refractivity contribution < 1.29 is 13.6 Å². The highest BCUT2D eigenvalue weighted by molar-refractivity contribution is 7.99. The summed E-state index contributed by atoms with van der Waals surface area (Å²) in [5.41, 5.74) is -0.342. The molecule has 0 saturated carbocycles. The largest absolute Gasteiger partial charge is 0.337 e. The number of rotatable bonds is 6. The molecule has 0 atom stereocenters. The summed E-state index contributed by atoms with van der Waals surface area (Å²) in [5.74, 6) is -1.80. The first-order chi connectivity index (χ1) is 14.6. The van der Waals surface area contributed by atoms with E-state index in [1.807, 2.05) is 27.7 Å². The maximum Gasteiger partial charge on any atom is 0.266 e. The molecule has 0 saturated heterocycles. The van der Waals surface area contributed by atoms with E-state index in [1.165, 1.54) is 12.1 Å². The van der Waals surface area contributed by atoms with Gasteiger partial charge in [-0.15, -0.1) is 0 Å². The maximum absolute atomic E-state index is 14.6. The van der Waals surface area contributed by atoms with Crippen molar-refractivity contribution in [2.75, 3.05) is 5.75 Å². The van der Waals surface area contributed by atoms with E-state index in [4.69, 9.17) is 11.6 Å². The number of nitrogens with zero attached hydrogens (tertiary/aromatic N) is 3. The summed E-state index contributed by atoms with van der Waals surface area (Å²) in [6.45, 7) is 7.68. The second-order valence-electron chi connectivity index (χ2n) is 7.57. The summed E-state index contributed by atoms with van der Waals surface area (Å²) in [6, 6.07) is 7.55. The Morgan fingerprint density at radius 2 is 1.81 bits per heavy atom. The van der Waals surface area contributed by atoms with Crippen molar-refractivity contribution in [3.63, 3.8) is 0 Å². The van der Waals surface area contributed by atoms with E-state index in [9.17, 15) is 18.4 Å². The van der Waals surface area contributed by atoms with E-state index in [-0.39, 0.29) is 40.0 Å². The van der Waals surface area contributed by atoms with E-state index >= 15 is 0 Å². The molecule has 1 heterocycles. The van der Waals surface area contributed by atoms with Gasteiger partial charge in [0.2, 0.25) is 5.91 Å². The molecule has 0 aliphatic rings. The molecule has 3 aromatic rings. The second-order valence-corrected chi connectivity index (χ2v) is 8.95. The standard InChI is InChI=1S/C22H22ClF2N3O2S/c1-12(2)27(13(3)4)20(29)11-31-22-26-18-7-5-14(23)9-16(18)21(30)28(22)19-8-6-15(24)10-17(19)25/h5-10,12-13H,11H2,1-4H3. The third-order valence-electron chi connectivity index (χ3n) is 4.68. The molecule has 2 aromatic carbocycles. The number of carbonyl (C=O) groups excluding carboxylic acids is 1. The minimum absolute atomic E-state index is 0.00320. The van der Waals surface area contributed by atoms with Gasteiger partial charge in [-0.3, -0.25) is 14.2 Å². The van der Waals surface area contributed by atoms with Crippen molar-refractivity contribution in [2.45, 2.75) is 44.9 Å². The van der Waals surface area contributed by atoms with Crippen LogP contribution >= 0.6 is 23.4 Å². The van der Waals surface area contributed by atoms with Crippen molar-refractivity contribution in [3.8, 4) is 5.69 Å². The summed E-state index contributed by atoms with van der Waals surface area (Å²) in [4.78, 5) is 32.2. The van der Waals surface area contributed by atoms with E-state index in [1.54, 1.807) is 17.0 Å². The normalized spacial score (nSPS) is 11.5. The molecule has 1 aromatic heterocycles. The number of amides is 1. The van der Waals surface area contributed by atoms with Gasteiger partial charge in [0.05, 0.1) is 22.3 Å². The Bertz CT molecular complexity index is 1190. The van der Waals surface area contributed by atoms with Crippen molar-refractivity contribution in [1.29, 1.82) is 0 Å². The van der Waals surface area contributed by atoms with E-state index in [2.05, 4.69) is 4.98 Å². The van der Waals surface area contributed by atoms with Crippen molar-refractivity contribution in [1.82, 2.24) is 14.5 Å². The van der Waals surface area contributed by atoms with E-state index in [0.29, 0.717) is 16.6 Å². The number of aromatic nitrogens is 2. The fourth-order valence-corrected chi connectivity index (χ4v) is 4.53. The molecule has 0 spiro atoms. The topological polar surface area (TPSA) is 55.2 Å². The summed E-state index contributed by atoms with van der Waals surface area (Å²) in [5, 5.41) is 0.654. The van der Waals surface area contributed by atoms with Crippen LogP contribution in [0.2, 0.25) is 5.02 Å². The lowest BCUT2D eigenvalue weighted by Gasteiger charge is -2.30. The lowest BCUT2D eigenvalue weighted by Crippen LogP contribution is -2.43. The molecule has 164 valence electrons. The molecule has 0 aliphatic heterocycles. The number of fused-ring (bicyclic) bond motifs is 1. The van der Waals surface area contributed by atoms with Gasteiger partial charge < -0.3 is 4.90 Å². The minimum atomic E-state index is -0.913. The zero-order chi connectivity index (χ0) is 22.9. The smallest absolute Gasteiger partial charge is 0.266 e. The molecule has 0 unspecified atom stereocenters. The number of halogens is 3. The van der Waals surface area contributed by atoms with E-state index in [0.717, 1.165) is 22.4 Å². The molecule has 0 bridgehead atoms. The zero-order valence-corrected chi connectivity index (χ0v) is 19.1. The molecule has 3 rings (SSSR count). The highest BCUT2D eigenvalue weighted by atomic mass is 35.5. The maximum atomic E-state index is 14.6. The van der Waals surface area contributed by atoms with Gasteiger partial charge in [0.15, 0.2) is 5.16 Å². The monoisotopic (exact) mass is 465 g/mol. The van der Waals surface area contributed by atoms with Crippen LogP contribution in [0.4, 0.5) is 8.78 Å². The average molecular weight is 466 g/mol. The predicted octanol–water partition coefficient (Wildman–Crippen LogP) is 5.05. The molecule has 0 fully saturated rings. The van der Waals surface area contributed by atoms with Gasteiger partial charge >= 0.3 is 0 Å². The highest BCUT2D eigenvalue weighted by Crippen LogP contribution is 2.25. The van der Waals surface area contributed by atoms with Crippen molar-refractivity contribution >= 4 is 40.2 Å². The number of hydrogen-bond acceptors (Lipinski definition) is 4. The quantitative estimate of drug-likeness (QED) is 0.377. The van der Waals surface area contributed by atoms with Gasteiger partial charge in [-0.25, -0.2) is 13.8 Å². The summed E-state index contributed by atoms with van der Waals surface area (Å²) in [7, 11) is 0. The molecule has 5 nitrogen and oxygen atoms in total. The molecule has 9 heteroatoms. The average Bonchev–Trinajstić information content (AvgIpc) is 2.67. The van der Waals surface area contributed by atoms with Crippen LogP contribution < -0.4 is 5.56 Å². The molecule has 0 N–H and O–H groups in total. The molecular weight excluding hydrogens is 444 g/mol. The van der Waals surface area contributed by atoms with Crippen molar-refractivity contribution in [3.05, 3.63) is 63.4 Å². The van der Waals surface area contributed by atoms with Crippen LogP contribution in [0.5, 0.6) is 0 Å². The summed E-state index contributed by atoms with van der Waals surface area (Å²) in [6.07, 6.45) is 0. The fourth-order valence-electron chi connectivity index (χ4n) is 3.48. The second kappa shape index (κ2) is 9.36. The summed E-state index contributed by atoms with van der Waals surface area (Å²) < 4.78 is 29.1. The Kier molecular flexibility index (Phi) is 7.01.